The molecular weight excluding hydrogens is 290 g/mol. The third-order valence-corrected chi connectivity index (χ3v) is 3.86. The van der Waals surface area contributed by atoms with E-state index in [1.807, 2.05) is 42.5 Å². The maximum atomic E-state index is 9.14. The van der Waals surface area contributed by atoms with E-state index in [0.29, 0.717) is 12.8 Å². The van der Waals surface area contributed by atoms with Crippen molar-refractivity contribution in [2.45, 2.75) is 12.8 Å². The number of nitriles is 1. The summed E-state index contributed by atoms with van der Waals surface area (Å²) in [7, 11) is 3.27. The summed E-state index contributed by atoms with van der Waals surface area (Å²) in [5, 5.41) is 10.1. The van der Waals surface area contributed by atoms with E-state index < -0.39 is 0 Å². The summed E-state index contributed by atoms with van der Waals surface area (Å²) in [5.74, 6) is 2.40. The first-order valence-electron chi connectivity index (χ1n) is 7.33. The van der Waals surface area contributed by atoms with Crippen LogP contribution < -0.4 is 9.47 Å². The first-order chi connectivity index (χ1) is 11.2. The second kappa shape index (κ2) is 6.45. The van der Waals surface area contributed by atoms with Crippen LogP contribution in [0.4, 0.5) is 0 Å². The second-order valence-electron chi connectivity index (χ2n) is 5.23. The molecule has 0 aliphatic rings. The van der Waals surface area contributed by atoms with Gasteiger partial charge >= 0.3 is 0 Å². The Morgan fingerprint density at radius 3 is 2.35 bits per heavy atom. The van der Waals surface area contributed by atoms with Crippen molar-refractivity contribution < 1.29 is 13.9 Å². The molecule has 23 heavy (non-hydrogen) atoms. The third kappa shape index (κ3) is 3.00. The zero-order valence-corrected chi connectivity index (χ0v) is 13.1. The van der Waals surface area contributed by atoms with Crippen LogP contribution in [0, 0.1) is 11.3 Å². The molecule has 3 aromatic rings. The van der Waals surface area contributed by atoms with Gasteiger partial charge < -0.3 is 13.9 Å². The number of nitrogens with zero attached hydrogens (tertiary/aromatic N) is 1. The SMILES string of the molecule is COc1ccc(Cc2oc3ccc(OC)cc3c2CC#N)cc1. The van der Waals surface area contributed by atoms with Crippen molar-refractivity contribution in [1.82, 2.24) is 0 Å². The van der Waals surface area contributed by atoms with Gasteiger partial charge in [-0.05, 0) is 35.9 Å². The molecule has 0 aliphatic heterocycles. The Kier molecular flexibility index (Phi) is 4.20. The predicted octanol–water partition coefficient (Wildman–Crippen LogP) is 4.11. The Labute approximate surface area is 134 Å². The molecule has 0 saturated carbocycles. The monoisotopic (exact) mass is 307 g/mol. The van der Waals surface area contributed by atoms with E-state index in [-0.39, 0.29) is 0 Å². The maximum Gasteiger partial charge on any atom is 0.134 e. The van der Waals surface area contributed by atoms with Crippen molar-refractivity contribution >= 4 is 11.0 Å². The third-order valence-electron chi connectivity index (χ3n) is 3.86. The van der Waals surface area contributed by atoms with Crippen LogP contribution >= 0.6 is 0 Å². The van der Waals surface area contributed by atoms with Gasteiger partial charge in [0, 0.05) is 17.4 Å². The molecule has 116 valence electrons. The summed E-state index contributed by atoms with van der Waals surface area (Å²) >= 11 is 0. The Bertz CT molecular complexity index is 857. The highest BCUT2D eigenvalue weighted by atomic mass is 16.5. The fraction of sp³-hybridized carbons (Fsp3) is 0.211. The first-order valence-corrected chi connectivity index (χ1v) is 7.33. The van der Waals surface area contributed by atoms with Crippen molar-refractivity contribution in [2.75, 3.05) is 14.2 Å². The number of rotatable bonds is 5. The average Bonchev–Trinajstić information content (AvgIpc) is 2.92. The smallest absolute Gasteiger partial charge is 0.134 e. The molecule has 0 radical (unpaired) electrons. The summed E-state index contributed by atoms with van der Waals surface area (Å²) < 4.78 is 16.4. The molecule has 0 aliphatic carbocycles. The lowest BCUT2D eigenvalue weighted by Gasteiger charge is -2.03. The molecule has 4 nitrogen and oxygen atoms in total. The lowest BCUT2D eigenvalue weighted by Crippen LogP contribution is -1.92. The molecule has 0 fully saturated rings. The van der Waals surface area contributed by atoms with Crippen molar-refractivity contribution in [3.8, 4) is 17.6 Å². The molecular formula is C19H17NO3. The largest absolute Gasteiger partial charge is 0.497 e. The van der Waals surface area contributed by atoms with Gasteiger partial charge in [0.25, 0.3) is 0 Å². The fourth-order valence-corrected chi connectivity index (χ4v) is 2.65. The molecule has 0 N–H and O–H groups in total. The molecule has 2 aromatic carbocycles. The highest BCUT2D eigenvalue weighted by molar-refractivity contribution is 5.84. The van der Waals surface area contributed by atoms with E-state index >= 15 is 0 Å². The zero-order chi connectivity index (χ0) is 16.2. The van der Waals surface area contributed by atoms with Gasteiger partial charge in [0.15, 0.2) is 0 Å². The summed E-state index contributed by atoms with van der Waals surface area (Å²) in [4.78, 5) is 0. The number of hydrogen-bond donors (Lipinski definition) is 0. The van der Waals surface area contributed by atoms with Gasteiger partial charge in [-0.25, -0.2) is 0 Å². The quantitative estimate of drug-likeness (QED) is 0.712. The highest BCUT2D eigenvalue weighted by Crippen LogP contribution is 2.31. The number of hydrogen-bond acceptors (Lipinski definition) is 4. The number of methoxy groups -OCH3 is 2. The highest BCUT2D eigenvalue weighted by Gasteiger charge is 2.15. The van der Waals surface area contributed by atoms with Crippen LogP contribution in [0.3, 0.4) is 0 Å². The van der Waals surface area contributed by atoms with Gasteiger partial charge in [-0.2, -0.15) is 5.26 Å². The van der Waals surface area contributed by atoms with Crippen LogP contribution in [-0.2, 0) is 12.8 Å². The molecule has 3 rings (SSSR count). The van der Waals surface area contributed by atoms with Crippen molar-refractivity contribution in [1.29, 1.82) is 5.26 Å². The summed E-state index contributed by atoms with van der Waals surface area (Å²) in [6.07, 6.45) is 0.948. The summed E-state index contributed by atoms with van der Waals surface area (Å²) in [6, 6.07) is 15.7. The Morgan fingerprint density at radius 1 is 1.00 bits per heavy atom. The van der Waals surface area contributed by atoms with Crippen LogP contribution in [-0.4, -0.2) is 14.2 Å². The van der Waals surface area contributed by atoms with Gasteiger partial charge in [0.1, 0.15) is 22.8 Å². The van der Waals surface area contributed by atoms with E-state index in [4.69, 9.17) is 19.2 Å². The molecule has 0 unspecified atom stereocenters. The van der Waals surface area contributed by atoms with Gasteiger partial charge in [0.05, 0.1) is 26.7 Å². The van der Waals surface area contributed by atoms with Gasteiger partial charge in [-0.3, -0.25) is 0 Å². The summed E-state index contributed by atoms with van der Waals surface area (Å²) in [5.41, 5.74) is 2.81. The van der Waals surface area contributed by atoms with Gasteiger partial charge in [0.2, 0.25) is 0 Å². The lowest BCUT2D eigenvalue weighted by atomic mass is 10.0. The molecule has 1 heterocycles. The van der Waals surface area contributed by atoms with Gasteiger partial charge in [-0.15, -0.1) is 0 Å². The number of fused-ring (bicyclic) bond motifs is 1. The maximum absolute atomic E-state index is 9.14. The van der Waals surface area contributed by atoms with Crippen molar-refractivity contribution in [3.63, 3.8) is 0 Å². The van der Waals surface area contributed by atoms with E-state index in [9.17, 15) is 0 Å². The van der Waals surface area contributed by atoms with Crippen molar-refractivity contribution in [3.05, 3.63) is 59.4 Å². The average molecular weight is 307 g/mol. The van der Waals surface area contributed by atoms with Crippen LogP contribution in [0.15, 0.2) is 46.9 Å². The molecule has 0 atom stereocenters. The van der Waals surface area contributed by atoms with Crippen LogP contribution in [0.2, 0.25) is 0 Å². The zero-order valence-electron chi connectivity index (χ0n) is 13.1. The molecule has 4 heteroatoms. The summed E-state index contributed by atoms with van der Waals surface area (Å²) in [6.45, 7) is 0. The Morgan fingerprint density at radius 2 is 1.70 bits per heavy atom. The second-order valence-corrected chi connectivity index (χ2v) is 5.23. The van der Waals surface area contributed by atoms with Crippen LogP contribution in [0.25, 0.3) is 11.0 Å². The van der Waals surface area contributed by atoms with E-state index in [0.717, 1.165) is 39.4 Å². The van der Waals surface area contributed by atoms with Gasteiger partial charge in [-0.1, -0.05) is 12.1 Å². The van der Waals surface area contributed by atoms with Crippen molar-refractivity contribution in [2.24, 2.45) is 0 Å². The molecule has 0 saturated heterocycles. The number of furan rings is 1. The first kappa shape index (κ1) is 15.0. The molecule has 0 spiro atoms. The minimum Gasteiger partial charge on any atom is -0.497 e. The lowest BCUT2D eigenvalue weighted by molar-refractivity contribution is 0.414. The van der Waals surface area contributed by atoms with Crippen LogP contribution in [0.1, 0.15) is 16.9 Å². The van der Waals surface area contributed by atoms with E-state index in [1.165, 1.54) is 0 Å². The Hall–Kier alpha value is -2.93. The fourth-order valence-electron chi connectivity index (χ4n) is 2.65. The number of ether oxygens (including phenoxy) is 2. The topological polar surface area (TPSA) is 55.4 Å². The predicted molar refractivity (Wildman–Crippen MR) is 87.9 cm³/mol. The minimum atomic E-state index is 0.311. The van der Waals surface area contributed by atoms with E-state index in [2.05, 4.69) is 6.07 Å². The molecule has 0 amide bonds. The van der Waals surface area contributed by atoms with Crippen LogP contribution in [0.5, 0.6) is 11.5 Å². The minimum absolute atomic E-state index is 0.311. The van der Waals surface area contributed by atoms with E-state index in [1.54, 1.807) is 14.2 Å². The standard InChI is InChI=1S/C19H17NO3/c1-21-14-5-3-13(4-6-14)11-19-16(9-10-20)17-12-15(22-2)7-8-18(17)23-19/h3-8,12H,9,11H2,1-2H3. The Balaban J connectivity index is 2.01. The number of benzene rings is 2. The normalized spacial score (nSPS) is 10.5. The molecule has 1 aromatic heterocycles. The molecule has 0 bridgehead atoms.